The number of carboxylic acids is 2. The molecule has 2 N–H and O–H groups in total. The van der Waals surface area contributed by atoms with Crippen LogP contribution in [0.3, 0.4) is 0 Å². The molecule has 6 nitrogen and oxygen atoms in total. The van der Waals surface area contributed by atoms with E-state index in [1.54, 1.807) is 0 Å². The third-order valence-corrected chi connectivity index (χ3v) is 7.43. The Balaban J connectivity index is -0.000000222. The second-order valence-electron chi connectivity index (χ2n) is 11.8. The summed E-state index contributed by atoms with van der Waals surface area (Å²) in [6.45, 7) is 4.39. The largest absolute Gasteiger partial charge is 2.00 e. The molecule has 0 aliphatic carbocycles. The van der Waals surface area contributed by atoms with Crippen molar-refractivity contribution in [2.75, 3.05) is 0 Å². The molecule has 0 aromatic heterocycles. The molecule has 0 heterocycles. The van der Waals surface area contributed by atoms with Crippen LogP contribution in [0.15, 0.2) is 24.3 Å². The average molecular weight is 746 g/mol. The summed E-state index contributed by atoms with van der Waals surface area (Å²) in [5, 5.41) is 40.0. The number of aliphatic hydroxyl groups excluding tert-OH is 2. The molecule has 0 aliphatic heterocycles. The van der Waals surface area contributed by atoms with Crippen LogP contribution >= 0.6 is 0 Å². The van der Waals surface area contributed by atoms with Crippen LogP contribution in [0.25, 0.3) is 0 Å². The standard InChI is InChI=1S/2C18H34O3.2CH4.Sn/c2*1-2-3-4-11-14-17(19)15-12-9-7-5-6-8-10-13-16-18(20)21;;;/h2*9,12,17,19H,2-8,10-11,13-16H2,1H3,(H,20,21);2*1H4;/q;;;;+2/p-2/b2*12-9-;;;/t2*17-;;;/m11.../s1. The van der Waals surface area contributed by atoms with Crippen molar-refractivity contribution < 1.29 is 30.0 Å². The van der Waals surface area contributed by atoms with Crippen molar-refractivity contribution in [2.24, 2.45) is 0 Å². The Labute approximate surface area is 296 Å². The van der Waals surface area contributed by atoms with E-state index in [1.807, 2.05) is 0 Å². The molecule has 7 heteroatoms. The van der Waals surface area contributed by atoms with Crippen molar-refractivity contribution in [1.82, 2.24) is 0 Å². The number of carbonyl (C=O) groups excluding carboxylic acids is 2. The van der Waals surface area contributed by atoms with Crippen LogP contribution in [-0.2, 0) is 9.59 Å². The summed E-state index contributed by atoms with van der Waals surface area (Å²) in [5.41, 5.74) is 0. The second kappa shape index (κ2) is 45.3. The van der Waals surface area contributed by atoms with Crippen molar-refractivity contribution in [3.8, 4) is 0 Å². The van der Waals surface area contributed by atoms with Crippen molar-refractivity contribution in [1.29, 1.82) is 0 Å². The molecular formula is C38H74O6Sn. The fourth-order valence-electron chi connectivity index (χ4n) is 4.72. The van der Waals surface area contributed by atoms with E-state index >= 15 is 0 Å². The Kier molecular flexibility index (Phi) is 53.9. The van der Waals surface area contributed by atoms with Gasteiger partial charge in [0.15, 0.2) is 0 Å². The molecule has 0 bridgehead atoms. The topological polar surface area (TPSA) is 121 Å². The first-order valence-electron chi connectivity index (χ1n) is 17.4. The number of hydrogen-bond acceptors (Lipinski definition) is 6. The van der Waals surface area contributed by atoms with Crippen LogP contribution in [0.1, 0.15) is 196 Å². The number of aliphatic hydroxyl groups is 2. The number of rotatable bonds is 30. The predicted octanol–water partition coefficient (Wildman–Crippen LogP) is 8.38. The second-order valence-corrected chi connectivity index (χ2v) is 11.8. The van der Waals surface area contributed by atoms with Gasteiger partial charge in [0.05, 0.1) is 12.2 Å². The maximum absolute atomic E-state index is 10.2. The predicted molar refractivity (Wildman–Crippen MR) is 191 cm³/mol. The average Bonchev–Trinajstić information content (AvgIpc) is 2.95. The monoisotopic (exact) mass is 746 g/mol. The zero-order chi connectivity index (χ0) is 31.5. The molecule has 0 unspecified atom stereocenters. The molecule has 266 valence electrons. The summed E-state index contributed by atoms with van der Waals surface area (Å²) >= 11 is 0. The van der Waals surface area contributed by atoms with E-state index in [9.17, 15) is 30.0 Å². The van der Waals surface area contributed by atoms with Crippen LogP contribution in [0.2, 0.25) is 0 Å². The molecule has 0 rings (SSSR count). The van der Waals surface area contributed by atoms with Crippen LogP contribution in [0.5, 0.6) is 0 Å². The molecular weight excluding hydrogens is 671 g/mol. The molecule has 0 aromatic carbocycles. The van der Waals surface area contributed by atoms with E-state index in [0.29, 0.717) is 0 Å². The first kappa shape index (κ1) is 53.6. The van der Waals surface area contributed by atoms with Gasteiger partial charge in [-0.1, -0.05) is 143 Å². The fourth-order valence-corrected chi connectivity index (χ4v) is 4.72. The Morgan fingerprint density at radius 3 is 1.16 bits per heavy atom. The normalized spacial score (nSPS) is 12.0. The molecule has 0 aromatic rings. The summed E-state index contributed by atoms with van der Waals surface area (Å²) in [6.07, 6.45) is 34.0. The van der Waals surface area contributed by atoms with Gasteiger partial charge >= 0.3 is 23.9 Å². The van der Waals surface area contributed by atoms with Crippen LogP contribution in [0.4, 0.5) is 0 Å². The van der Waals surface area contributed by atoms with Crippen molar-refractivity contribution >= 4 is 35.8 Å². The van der Waals surface area contributed by atoms with Crippen LogP contribution < -0.4 is 10.2 Å². The van der Waals surface area contributed by atoms with Gasteiger partial charge in [-0.3, -0.25) is 0 Å². The Hall–Kier alpha value is -0.861. The van der Waals surface area contributed by atoms with Gasteiger partial charge in [-0.25, -0.2) is 0 Å². The van der Waals surface area contributed by atoms with Gasteiger partial charge in [0.1, 0.15) is 0 Å². The van der Waals surface area contributed by atoms with Crippen molar-refractivity contribution in [3.63, 3.8) is 0 Å². The molecule has 2 atom stereocenters. The minimum absolute atomic E-state index is 0. The van der Waals surface area contributed by atoms with Gasteiger partial charge in [-0.05, 0) is 77.0 Å². The molecule has 45 heavy (non-hydrogen) atoms. The smallest absolute Gasteiger partial charge is 0.550 e. The van der Waals surface area contributed by atoms with E-state index < -0.39 is 11.9 Å². The quantitative estimate of drug-likeness (QED) is 0.0433. The van der Waals surface area contributed by atoms with Crippen molar-refractivity contribution in [2.45, 2.75) is 208 Å². The van der Waals surface area contributed by atoms with Gasteiger partial charge in [-0.15, -0.1) is 0 Å². The van der Waals surface area contributed by atoms with Gasteiger partial charge in [-0.2, -0.15) is 0 Å². The first-order valence-corrected chi connectivity index (χ1v) is 17.4. The molecule has 0 spiro atoms. The van der Waals surface area contributed by atoms with Gasteiger partial charge in [0.2, 0.25) is 0 Å². The van der Waals surface area contributed by atoms with Gasteiger partial charge in [0.25, 0.3) is 0 Å². The number of hydrogen-bond donors (Lipinski definition) is 2. The maximum atomic E-state index is 10.2. The van der Waals surface area contributed by atoms with Crippen LogP contribution in [0, 0.1) is 0 Å². The Bertz CT molecular complexity index is 584. The molecule has 0 amide bonds. The zero-order valence-corrected chi connectivity index (χ0v) is 30.7. The minimum atomic E-state index is -0.939. The first-order chi connectivity index (χ1) is 20.3. The molecule has 0 fully saturated rings. The maximum Gasteiger partial charge on any atom is 2.00 e. The summed E-state index contributed by atoms with van der Waals surface area (Å²) in [7, 11) is 0. The number of carboxylic acid groups (broad SMARTS) is 2. The third-order valence-electron chi connectivity index (χ3n) is 7.43. The number of aliphatic carboxylic acids is 2. The van der Waals surface area contributed by atoms with E-state index in [1.165, 1.54) is 38.5 Å². The van der Waals surface area contributed by atoms with E-state index in [-0.39, 0.29) is 63.8 Å². The van der Waals surface area contributed by atoms with E-state index in [0.717, 1.165) is 116 Å². The van der Waals surface area contributed by atoms with Crippen molar-refractivity contribution in [3.05, 3.63) is 24.3 Å². The minimum Gasteiger partial charge on any atom is -0.550 e. The fraction of sp³-hybridized carbons (Fsp3) is 0.842. The van der Waals surface area contributed by atoms with E-state index in [2.05, 4.69) is 38.2 Å². The SMILES string of the molecule is C.C.CCCCCC[C@@H](O)C/C=C\CCCCCCCC(=O)[O-].CCCCCC[C@@H](O)C/C=C\CCCCCCCC(=O)[O-].[Sn+2]. The number of allylic oxidation sites excluding steroid dienone is 2. The van der Waals surface area contributed by atoms with E-state index in [4.69, 9.17) is 0 Å². The number of unbranched alkanes of at least 4 members (excludes halogenated alkanes) is 16. The zero-order valence-electron chi connectivity index (χ0n) is 27.9. The Morgan fingerprint density at radius 2 is 0.822 bits per heavy atom. The van der Waals surface area contributed by atoms with Gasteiger partial charge < -0.3 is 30.0 Å². The molecule has 0 saturated carbocycles. The summed E-state index contributed by atoms with van der Waals surface area (Å²) in [4.78, 5) is 20.4. The van der Waals surface area contributed by atoms with Crippen LogP contribution in [-0.4, -0.2) is 58.3 Å². The third kappa shape index (κ3) is 52.9. The molecule has 2 radical (unpaired) electrons. The summed E-state index contributed by atoms with van der Waals surface area (Å²) in [5.74, 6) is -1.88. The molecule has 0 saturated heterocycles. The van der Waals surface area contributed by atoms with Gasteiger partial charge in [0, 0.05) is 11.9 Å². The summed E-state index contributed by atoms with van der Waals surface area (Å²) < 4.78 is 0. The molecule has 0 aliphatic rings. The summed E-state index contributed by atoms with van der Waals surface area (Å²) in [6, 6.07) is 0. The number of carbonyl (C=O) groups is 2. The Morgan fingerprint density at radius 1 is 0.511 bits per heavy atom.